The van der Waals surface area contributed by atoms with Crippen LogP contribution in [0.5, 0.6) is 0 Å². The summed E-state index contributed by atoms with van der Waals surface area (Å²) in [5.74, 6) is 0. The van der Waals surface area contributed by atoms with Crippen LogP contribution < -0.4 is 0 Å². The predicted molar refractivity (Wildman–Crippen MR) is 96.5 cm³/mol. The van der Waals surface area contributed by atoms with Crippen molar-refractivity contribution < 1.29 is 13.2 Å². The van der Waals surface area contributed by atoms with Gasteiger partial charge in [-0.25, -0.2) is 0 Å². The van der Waals surface area contributed by atoms with E-state index in [-0.39, 0.29) is 11.6 Å². The third kappa shape index (κ3) is 4.29. The molecule has 0 aliphatic heterocycles. The number of aliphatic imine (C=N–C) groups is 1. The zero-order valence-electron chi connectivity index (χ0n) is 13.5. The van der Waals surface area contributed by atoms with Gasteiger partial charge in [0.15, 0.2) is 0 Å². The van der Waals surface area contributed by atoms with Crippen LogP contribution in [0.25, 0.3) is 0 Å². The third-order valence-corrected chi connectivity index (χ3v) is 4.05. The molecule has 0 spiro atoms. The Morgan fingerprint density at radius 3 is 1.92 bits per heavy atom. The summed E-state index contributed by atoms with van der Waals surface area (Å²) in [5, 5.41) is -0.0518. The summed E-state index contributed by atoms with van der Waals surface area (Å²) in [6.07, 6.45) is -3.70. The number of halogens is 4. The SMILES string of the molecule is FC(F)(F)c1cnc(CN=C(c2ccccc2)c2ccccc2)c(Cl)c1. The molecule has 132 valence electrons. The Labute approximate surface area is 154 Å². The van der Waals surface area contributed by atoms with E-state index in [2.05, 4.69) is 9.98 Å². The Morgan fingerprint density at radius 1 is 0.923 bits per heavy atom. The third-order valence-electron chi connectivity index (χ3n) is 3.73. The van der Waals surface area contributed by atoms with Gasteiger partial charge in [0.1, 0.15) is 0 Å². The van der Waals surface area contributed by atoms with Crippen LogP contribution in [0.2, 0.25) is 5.02 Å². The number of pyridine rings is 1. The molecular formula is C20H14ClF3N2. The van der Waals surface area contributed by atoms with E-state index in [0.717, 1.165) is 29.1 Å². The van der Waals surface area contributed by atoms with Gasteiger partial charge in [-0.15, -0.1) is 0 Å². The molecule has 0 unspecified atom stereocenters. The van der Waals surface area contributed by atoms with E-state index in [9.17, 15) is 13.2 Å². The smallest absolute Gasteiger partial charge is 0.278 e. The predicted octanol–water partition coefficient (Wildman–Crippen LogP) is 5.79. The van der Waals surface area contributed by atoms with Crippen LogP contribution in [0.4, 0.5) is 13.2 Å². The van der Waals surface area contributed by atoms with Crippen LogP contribution >= 0.6 is 11.6 Å². The fourth-order valence-corrected chi connectivity index (χ4v) is 2.66. The molecule has 0 fully saturated rings. The van der Waals surface area contributed by atoms with Crippen LogP contribution in [0.1, 0.15) is 22.4 Å². The highest BCUT2D eigenvalue weighted by atomic mass is 35.5. The minimum Gasteiger partial charge on any atom is -0.278 e. The van der Waals surface area contributed by atoms with Crippen LogP contribution in [0.3, 0.4) is 0 Å². The van der Waals surface area contributed by atoms with Crippen LogP contribution in [-0.2, 0) is 12.7 Å². The highest BCUT2D eigenvalue weighted by molar-refractivity contribution is 6.31. The van der Waals surface area contributed by atoms with Gasteiger partial charge in [0, 0.05) is 17.3 Å². The number of rotatable bonds is 4. The maximum atomic E-state index is 12.7. The quantitative estimate of drug-likeness (QED) is 0.530. The van der Waals surface area contributed by atoms with Gasteiger partial charge < -0.3 is 0 Å². The van der Waals surface area contributed by atoms with Crippen molar-refractivity contribution >= 4 is 17.3 Å². The molecule has 0 atom stereocenters. The maximum absolute atomic E-state index is 12.7. The number of hydrogen-bond acceptors (Lipinski definition) is 2. The molecule has 3 rings (SSSR count). The lowest BCUT2D eigenvalue weighted by molar-refractivity contribution is -0.137. The van der Waals surface area contributed by atoms with Crippen molar-refractivity contribution in [3.8, 4) is 0 Å². The maximum Gasteiger partial charge on any atom is 0.417 e. The van der Waals surface area contributed by atoms with Gasteiger partial charge in [-0.1, -0.05) is 72.3 Å². The molecular weight excluding hydrogens is 361 g/mol. The molecule has 1 aromatic heterocycles. The molecule has 2 aromatic carbocycles. The lowest BCUT2D eigenvalue weighted by atomic mass is 10.0. The minimum absolute atomic E-state index is 0.0518. The first-order chi connectivity index (χ1) is 12.4. The molecule has 0 radical (unpaired) electrons. The lowest BCUT2D eigenvalue weighted by Gasteiger charge is -2.10. The molecule has 0 saturated carbocycles. The number of nitrogens with zero attached hydrogens (tertiary/aromatic N) is 2. The second-order valence-corrected chi connectivity index (χ2v) is 5.95. The Morgan fingerprint density at radius 2 is 1.46 bits per heavy atom. The second-order valence-electron chi connectivity index (χ2n) is 5.55. The molecule has 3 aromatic rings. The van der Waals surface area contributed by atoms with E-state index < -0.39 is 11.7 Å². The van der Waals surface area contributed by atoms with Crippen LogP contribution in [-0.4, -0.2) is 10.7 Å². The molecule has 0 N–H and O–H groups in total. The van der Waals surface area contributed by atoms with Crippen LogP contribution in [0, 0.1) is 0 Å². The second kappa shape index (κ2) is 7.70. The lowest BCUT2D eigenvalue weighted by Crippen LogP contribution is -2.07. The van der Waals surface area contributed by atoms with Crippen molar-refractivity contribution in [3.05, 3.63) is 100 Å². The van der Waals surface area contributed by atoms with Gasteiger partial charge in [0.25, 0.3) is 0 Å². The monoisotopic (exact) mass is 374 g/mol. The fraction of sp³-hybridized carbons (Fsp3) is 0.100. The topological polar surface area (TPSA) is 25.2 Å². The first-order valence-electron chi connectivity index (χ1n) is 7.82. The average Bonchev–Trinajstić information content (AvgIpc) is 2.64. The van der Waals surface area contributed by atoms with E-state index >= 15 is 0 Å². The number of aromatic nitrogens is 1. The summed E-state index contributed by atoms with van der Waals surface area (Å²) >= 11 is 5.98. The number of hydrogen-bond donors (Lipinski definition) is 0. The van der Waals surface area contributed by atoms with Crippen LogP contribution in [0.15, 0.2) is 77.9 Å². The zero-order valence-corrected chi connectivity index (χ0v) is 14.3. The molecule has 0 amide bonds. The Kier molecular flexibility index (Phi) is 5.38. The first kappa shape index (κ1) is 18.1. The van der Waals surface area contributed by atoms with E-state index in [0.29, 0.717) is 5.69 Å². The first-order valence-corrected chi connectivity index (χ1v) is 8.20. The van der Waals surface area contributed by atoms with Gasteiger partial charge >= 0.3 is 6.18 Å². The normalized spacial score (nSPS) is 11.2. The van der Waals surface area contributed by atoms with Gasteiger partial charge in [-0.2, -0.15) is 13.2 Å². The van der Waals surface area contributed by atoms with Gasteiger partial charge in [-0.05, 0) is 6.07 Å². The van der Waals surface area contributed by atoms with Gasteiger partial charge in [-0.3, -0.25) is 9.98 Å². The highest BCUT2D eigenvalue weighted by Gasteiger charge is 2.31. The van der Waals surface area contributed by atoms with Crippen molar-refractivity contribution in [1.82, 2.24) is 4.98 Å². The summed E-state index contributed by atoms with van der Waals surface area (Å²) in [6.45, 7) is 0.0795. The largest absolute Gasteiger partial charge is 0.417 e. The molecule has 0 bridgehead atoms. The molecule has 1 heterocycles. The summed E-state index contributed by atoms with van der Waals surface area (Å²) in [6, 6.07) is 20.0. The Balaban J connectivity index is 1.95. The number of alkyl halides is 3. The summed E-state index contributed by atoms with van der Waals surface area (Å²) in [5.41, 5.74) is 1.96. The van der Waals surface area contributed by atoms with Crippen molar-refractivity contribution in [3.63, 3.8) is 0 Å². The van der Waals surface area contributed by atoms with E-state index in [1.807, 2.05) is 60.7 Å². The molecule has 6 heteroatoms. The van der Waals surface area contributed by atoms with Crippen molar-refractivity contribution in [2.24, 2.45) is 4.99 Å². The number of benzene rings is 2. The molecule has 0 saturated heterocycles. The average molecular weight is 375 g/mol. The molecule has 0 aliphatic carbocycles. The standard InChI is InChI=1S/C20H14ClF3N2/c21-17-11-16(20(22,23)24)12-25-18(17)13-26-19(14-7-3-1-4-8-14)15-9-5-2-6-10-15/h1-12H,13H2. The van der Waals surface area contributed by atoms with E-state index in [4.69, 9.17) is 11.6 Å². The van der Waals surface area contributed by atoms with Crippen molar-refractivity contribution in [1.29, 1.82) is 0 Å². The molecule has 0 aliphatic rings. The van der Waals surface area contributed by atoms with Crippen molar-refractivity contribution in [2.45, 2.75) is 12.7 Å². The molecule has 26 heavy (non-hydrogen) atoms. The summed E-state index contributed by atoms with van der Waals surface area (Å²) in [4.78, 5) is 8.42. The van der Waals surface area contributed by atoms with Crippen molar-refractivity contribution in [2.75, 3.05) is 0 Å². The Bertz CT molecular complexity index is 866. The summed E-state index contributed by atoms with van der Waals surface area (Å²) < 4.78 is 38.2. The fourth-order valence-electron chi connectivity index (χ4n) is 2.43. The Hall–Kier alpha value is -2.66. The molecule has 2 nitrogen and oxygen atoms in total. The van der Waals surface area contributed by atoms with E-state index in [1.54, 1.807) is 0 Å². The van der Waals surface area contributed by atoms with E-state index in [1.165, 1.54) is 0 Å². The zero-order chi connectivity index (χ0) is 18.6. The summed E-state index contributed by atoms with van der Waals surface area (Å²) in [7, 11) is 0. The van der Waals surface area contributed by atoms with Gasteiger partial charge in [0.2, 0.25) is 0 Å². The van der Waals surface area contributed by atoms with Gasteiger partial charge in [0.05, 0.1) is 28.5 Å². The minimum atomic E-state index is -4.47. The highest BCUT2D eigenvalue weighted by Crippen LogP contribution is 2.31.